The molecule has 0 spiro atoms. The molecule has 7 nitrogen and oxygen atoms in total. The Morgan fingerprint density at radius 1 is 1.17 bits per heavy atom. The predicted octanol–water partition coefficient (Wildman–Crippen LogP) is 1.82. The number of rotatable bonds is 6. The Morgan fingerprint density at radius 3 is 2.43 bits per heavy atom. The molecule has 162 valence electrons. The van der Waals surface area contributed by atoms with Gasteiger partial charge in [-0.15, -0.1) is 0 Å². The Morgan fingerprint density at radius 2 is 1.83 bits per heavy atom. The SMILES string of the molecule is CN=C(NCc1ccc(S(=O)(=O)NC)cc1)NC1CCN(c2c(F)cccc2F)C1. The first-order valence-electron chi connectivity index (χ1n) is 9.52. The average molecular weight is 438 g/mol. The summed E-state index contributed by atoms with van der Waals surface area (Å²) >= 11 is 0. The molecule has 3 N–H and O–H groups in total. The average Bonchev–Trinajstić information content (AvgIpc) is 3.19. The summed E-state index contributed by atoms with van der Waals surface area (Å²) in [5.74, 6) is -0.577. The molecule has 0 aliphatic carbocycles. The highest BCUT2D eigenvalue weighted by atomic mass is 32.2. The lowest BCUT2D eigenvalue weighted by Gasteiger charge is -2.21. The molecular formula is C20H25F2N5O2S. The lowest BCUT2D eigenvalue weighted by Crippen LogP contribution is -2.44. The van der Waals surface area contributed by atoms with Crippen LogP contribution < -0.4 is 20.3 Å². The van der Waals surface area contributed by atoms with Gasteiger partial charge in [0.15, 0.2) is 5.96 Å². The number of nitrogens with one attached hydrogen (secondary N) is 3. The Bertz CT molecular complexity index is 992. The minimum Gasteiger partial charge on any atom is -0.365 e. The quantitative estimate of drug-likeness (QED) is 0.474. The van der Waals surface area contributed by atoms with Crippen molar-refractivity contribution >= 4 is 21.7 Å². The normalized spacial score (nSPS) is 17.3. The van der Waals surface area contributed by atoms with Gasteiger partial charge in [0.1, 0.15) is 17.3 Å². The zero-order chi connectivity index (χ0) is 21.7. The highest BCUT2D eigenvalue weighted by Crippen LogP contribution is 2.26. The number of hydrogen-bond acceptors (Lipinski definition) is 4. The summed E-state index contributed by atoms with van der Waals surface area (Å²) in [5, 5.41) is 6.44. The summed E-state index contributed by atoms with van der Waals surface area (Å²) < 4.78 is 53.9. The summed E-state index contributed by atoms with van der Waals surface area (Å²) in [6.07, 6.45) is 0.713. The van der Waals surface area contributed by atoms with Crippen LogP contribution in [0.15, 0.2) is 52.4 Å². The number of halogens is 2. The van der Waals surface area contributed by atoms with E-state index in [4.69, 9.17) is 0 Å². The summed E-state index contributed by atoms with van der Waals surface area (Å²) in [5.41, 5.74) is 0.885. The fourth-order valence-electron chi connectivity index (χ4n) is 3.35. The van der Waals surface area contributed by atoms with Crippen molar-refractivity contribution in [3.63, 3.8) is 0 Å². The second-order valence-corrected chi connectivity index (χ2v) is 8.81. The van der Waals surface area contributed by atoms with E-state index in [0.717, 1.165) is 5.56 Å². The molecule has 0 amide bonds. The molecule has 1 aliphatic heterocycles. The van der Waals surface area contributed by atoms with Crippen LogP contribution in [0.5, 0.6) is 0 Å². The zero-order valence-electron chi connectivity index (χ0n) is 16.8. The van der Waals surface area contributed by atoms with Gasteiger partial charge in [-0.1, -0.05) is 18.2 Å². The van der Waals surface area contributed by atoms with Gasteiger partial charge >= 0.3 is 0 Å². The topological polar surface area (TPSA) is 85.8 Å². The highest BCUT2D eigenvalue weighted by Gasteiger charge is 2.27. The zero-order valence-corrected chi connectivity index (χ0v) is 17.6. The van der Waals surface area contributed by atoms with Crippen molar-refractivity contribution in [2.24, 2.45) is 4.99 Å². The van der Waals surface area contributed by atoms with E-state index in [1.54, 1.807) is 24.1 Å². The maximum absolute atomic E-state index is 14.0. The monoisotopic (exact) mass is 437 g/mol. The van der Waals surface area contributed by atoms with Crippen molar-refractivity contribution in [2.75, 3.05) is 32.1 Å². The van der Waals surface area contributed by atoms with E-state index in [1.165, 1.54) is 37.4 Å². The molecule has 30 heavy (non-hydrogen) atoms. The van der Waals surface area contributed by atoms with E-state index >= 15 is 0 Å². The first-order valence-corrected chi connectivity index (χ1v) is 11.0. The van der Waals surface area contributed by atoms with Crippen LogP contribution in [0.2, 0.25) is 0 Å². The van der Waals surface area contributed by atoms with Crippen LogP contribution >= 0.6 is 0 Å². The maximum Gasteiger partial charge on any atom is 0.240 e. The lowest BCUT2D eigenvalue weighted by atomic mass is 10.2. The van der Waals surface area contributed by atoms with Crippen molar-refractivity contribution in [1.29, 1.82) is 0 Å². The van der Waals surface area contributed by atoms with Gasteiger partial charge in [-0.25, -0.2) is 21.9 Å². The van der Waals surface area contributed by atoms with Crippen molar-refractivity contribution in [2.45, 2.75) is 23.9 Å². The van der Waals surface area contributed by atoms with Gasteiger partial charge in [-0.05, 0) is 43.3 Å². The van der Waals surface area contributed by atoms with Crippen LogP contribution in [0, 0.1) is 11.6 Å². The third kappa shape index (κ3) is 5.06. The van der Waals surface area contributed by atoms with Gasteiger partial charge < -0.3 is 15.5 Å². The third-order valence-electron chi connectivity index (χ3n) is 4.97. The minimum absolute atomic E-state index is 0.00126. The number of benzene rings is 2. The number of aliphatic imine (C=N–C) groups is 1. The molecule has 2 aromatic carbocycles. The number of guanidine groups is 1. The van der Waals surface area contributed by atoms with E-state index in [1.807, 2.05) is 0 Å². The van der Waals surface area contributed by atoms with Crippen LogP contribution in [-0.2, 0) is 16.6 Å². The van der Waals surface area contributed by atoms with Gasteiger partial charge in [-0.2, -0.15) is 0 Å². The molecule has 1 saturated heterocycles. The Labute approximate surface area is 175 Å². The van der Waals surface area contributed by atoms with E-state index in [-0.39, 0.29) is 16.6 Å². The molecule has 1 atom stereocenters. The molecule has 1 unspecified atom stereocenters. The molecule has 0 bridgehead atoms. The molecule has 1 heterocycles. The smallest absolute Gasteiger partial charge is 0.240 e. The minimum atomic E-state index is -3.47. The van der Waals surface area contributed by atoms with E-state index < -0.39 is 21.7 Å². The third-order valence-corrected chi connectivity index (χ3v) is 6.40. The number of nitrogens with zero attached hydrogens (tertiary/aromatic N) is 2. The maximum atomic E-state index is 14.0. The standard InChI is InChI=1S/C20H25F2N5O2S/c1-23-20(25-12-14-6-8-16(9-7-14)30(28,29)24-2)26-15-10-11-27(13-15)19-17(21)4-3-5-18(19)22/h3-9,15,24H,10-13H2,1-2H3,(H2,23,25,26). The first kappa shape index (κ1) is 22.0. The van der Waals surface area contributed by atoms with Crippen LogP contribution in [0.4, 0.5) is 14.5 Å². The Hall–Kier alpha value is -2.72. The predicted molar refractivity (Wildman–Crippen MR) is 113 cm³/mol. The second-order valence-electron chi connectivity index (χ2n) is 6.92. The molecule has 0 saturated carbocycles. The van der Waals surface area contributed by atoms with E-state index in [2.05, 4.69) is 20.3 Å². The van der Waals surface area contributed by atoms with Gasteiger partial charge in [0.05, 0.1) is 4.90 Å². The summed E-state index contributed by atoms with van der Waals surface area (Å²) in [6, 6.07) is 10.4. The Kier molecular flexibility index (Phi) is 6.88. The molecule has 0 aromatic heterocycles. The van der Waals surface area contributed by atoms with Crippen LogP contribution in [0.3, 0.4) is 0 Å². The number of anilines is 1. The molecule has 0 radical (unpaired) electrons. The Balaban J connectivity index is 1.55. The molecule has 2 aromatic rings. The summed E-state index contributed by atoms with van der Waals surface area (Å²) in [4.78, 5) is 6.08. The van der Waals surface area contributed by atoms with Gasteiger partial charge in [0.25, 0.3) is 0 Å². The first-order chi connectivity index (χ1) is 14.3. The van der Waals surface area contributed by atoms with Crippen LogP contribution in [-0.4, -0.2) is 47.6 Å². The number of hydrogen-bond donors (Lipinski definition) is 3. The van der Waals surface area contributed by atoms with Crippen molar-refractivity contribution in [1.82, 2.24) is 15.4 Å². The molecule has 10 heteroatoms. The number of para-hydroxylation sites is 1. The molecular weight excluding hydrogens is 412 g/mol. The van der Waals surface area contributed by atoms with Crippen LogP contribution in [0.1, 0.15) is 12.0 Å². The van der Waals surface area contributed by atoms with Gasteiger partial charge in [0, 0.05) is 32.7 Å². The molecule has 1 aliphatic rings. The fourth-order valence-corrected chi connectivity index (χ4v) is 4.08. The van der Waals surface area contributed by atoms with Gasteiger partial charge in [0.2, 0.25) is 10.0 Å². The number of sulfonamides is 1. The largest absolute Gasteiger partial charge is 0.365 e. The van der Waals surface area contributed by atoms with Crippen LogP contribution in [0.25, 0.3) is 0 Å². The van der Waals surface area contributed by atoms with E-state index in [9.17, 15) is 17.2 Å². The molecule has 3 rings (SSSR count). The lowest BCUT2D eigenvalue weighted by molar-refractivity contribution is 0.575. The van der Waals surface area contributed by atoms with Crippen molar-refractivity contribution in [3.8, 4) is 0 Å². The summed E-state index contributed by atoms with van der Waals surface area (Å²) in [7, 11) is -0.459. The summed E-state index contributed by atoms with van der Waals surface area (Å²) in [6.45, 7) is 1.43. The highest BCUT2D eigenvalue weighted by molar-refractivity contribution is 7.89. The van der Waals surface area contributed by atoms with E-state index in [0.29, 0.717) is 32.0 Å². The van der Waals surface area contributed by atoms with Gasteiger partial charge in [-0.3, -0.25) is 4.99 Å². The van der Waals surface area contributed by atoms with Crippen molar-refractivity contribution < 1.29 is 17.2 Å². The van der Waals surface area contributed by atoms with Crippen molar-refractivity contribution in [3.05, 3.63) is 59.7 Å². The fraction of sp³-hybridized carbons (Fsp3) is 0.350. The molecule has 1 fully saturated rings. The second kappa shape index (κ2) is 9.40.